The van der Waals surface area contributed by atoms with Crippen LogP contribution in [0, 0.1) is 5.41 Å². The Bertz CT molecular complexity index is 316. The summed E-state index contributed by atoms with van der Waals surface area (Å²) in [5.74, 6) is -0.283. The molecule has 5 nitrogen and oxygen atoms in total. The Balaban J connectivity index is 4.59. The lowest BCUT2D eigenvalue weighted by Gasteiger charge is -2.35. The van der Waals surface area contributed by atoms with Crippen molar-refractivity contribution in [1.82, 2.24) is 10.2 Å². The highest BCUT2D eigenvalue weighted by molar-refractivity contribution is 7.98. The fraction of sp³-hybridized carbons (Fsp3) is 0.846. The van der Waals surface area contributed by atoms with E-state index < -0.39 is 12.0 Å². The summed E-state index contributed by atoms with van der Waals surface area (Å²) in [6.07, 6.45) is 2.34. The van der Waals surface area contributed by atoms with E-state index in [0.717, 1.165) is 0 Å². The van der Waals surface area contributed by atoms with Crippen molar-refractivity contribution in [3.8, 4) is 0 Å². The Morgan fingerprint density at radius 3 is 2.26 bits per heavy atom. The molecular formula is C13H26N2O3S. The number of aliphatic carboxylic acids is 1. The Hall–Kier alpha value is -0.910. The van der Waals surface area contributed by atoms with Crippen molar-refractivity contribution in [1.29, 1.82) is 0 Å². The first-order valence-corrected chi connectivity index (χ1v) is 7.75. The normalized spacial score (nSPS) is 14.6. The number of carboxylic acid groups (broad SMARTS) is 1. The number of nitrogens with zero attached hydrogens (tertiary/aromatic N) is 1. The number of nitrogens with one attached hydrogen (secondary N) is 1. The van der Waals surface area contributed by atoms with Crippen LogP contribution in [0.15, 0.2) is 0 Å². The Labute approximate surface area is 120 Å². The van der Waals surface area contributed by atoms with Crippen LogP contribution in [0.3, 0.4) is 0 Å². The van der Waals surface area contributed by atoms with Gasteiger partial charge in [0.15, 0.2) is 0 Å². The molecule has 2 N–H and O–H groups in total. The summed E-state index contributed by atoms with van der Waals surface area (Å²) in [6, 6.07) is -1.15. The lowest BCUT2D eigenvalue weighted by molar-refractivity contribution is -0.139. The molecule has 0 saturated heterocycles. The summed E-state index contributed by atoms with van der Waals surface area (Å²) in [7, 11) is 1.69. The van der Waals surface area contributed by atoms with E-state index in [4.69, 9.17) is 5.11 Å². The van der Waals surface area contributed by atoms with Gasteiger partial charge in [0.2, 0.25) is 0 Å². The zero-order chi connectivity index (χ0) is 15.2. The first kappa shape index (κ1) is 18.1. The summed E-state index contributed by atoms with van der Waals surface area (Å²) in [4.78, 5) is 24.7. The molecule has 0 heterocycles. The van der Waals surface area contributed by atoms with E-state index in [-0.39, 0.29) is 17.5 Å². The molecule has 0 aromatic carbocycles. The molecule has 0 spiro atoms. The van der Waals surface area contributed by atoms with Crippen LogP contribution in [-0.4, -0.2) is 53.1 Å². The van der Waals surface area contributed by atoms with E-state index >= 15 is 0 Å². The van der Waals surface area contributed by atoms with E-state index in [9.17, 15) is 9.59 Å². The largest absolute Gasteiger partial charge is 0.480 e. The maximum absolute atomic E-state index is 12.1. The molecule has 2 atom stereocenters. The highest BCUT2D eigenvalue weighted by Crippen LogP contribution is 2.23. The molecule has 0 aromatic heterocycles. The second-order valence-electron chi connectivity index (χ2n) is 5.77. The molecule has 0 radical (unpaired) electrons. The summed E-state index contributed by atoms with van der Waals surface area (Å²) >= 11 is 1.57. The molecule has 2 amide bonds. The molecule has 0 rings (SSSR count). The van der Waals surface area contributed by atoms with Crippen molar-refractivity contribution in [2.45, 2.75) is 46.2 Å². The zero-order valence-electron chi connectivity index (χ0n) is 12.7. The highest BCUT2D eigenvalue weighted by atomic mass is 32.2. The number of carboxylic acids is 1. The topological polar surface area (TPSA) is 69.6 Å². The van der Waals surface area contributed by atoms with E-state index in [0.29, 0.717) is 12.2 Å². The number of amides is 2. The number of thioether (sulfide) groups is 1. The molecule has 112 valence electrons. The maximum atomic E-state index is 12.1. The average Bonchev–Trinajstić information content (AvgIpc) is 2.30. The lowest BCUT2D eigenvalue weighted by Crippen LogP contribution is -2.52. The monoisotopic (exact) mass is 290 g/mol. The zero-order valence-corrected chi connectivity index (χ0v) is 13.5. The van der Waals surface area contributed by atoms with Crippen molar-refractivity contribution in [2.75, 3.05) is 19.1 Å². The van der Waals surface area contributed by atoms with Crippen LogP contribution in [0.25, 0.3) is 0 Å². The molecule has 6 heteroatoms. The second kappa shape index (κ2) is 7.62. The van der Waals surface area contributed by atoms with Gasteiger partial charge in [-0.1, -0.05) is 20.8 Å². The fourth-order valence-corrected chi connectivity index (χ4v) is 1.97. The predicted octanol–water partition coefficient (Wildman–Crippen LogP) is 2.27. The number of hydrogen-bond donors (Lipinski definition) is 2. The van der Waals surface area contributed by atoms with Gasteiger partial charge in [0.1, 0.15) is 6.04 Å². The molecule has 2 unspecified atom stereocenters. The summed E-state index contributed by atoms with van der Waals surface area (Å²) < 4.78 is 0. The highest BCUT2D eigenvalue weighted by Gasteiger charge is 2.29. The van der Waals surface area contributed by atoms with Gasteiger partial charge >= 0.3 is 12.0 Å². The van der Waals surface area contributed by atoms with Crippen molar-refractivity contribution in [3.05, 3.63) is 0 Å². The van der Waals surface area contributed by atoms with Crippen molar-refractivity contribution in [2.24, 2.45) is 5.41 Å². The van der Waals surface area contributed by atoms with Gasteiger partial charge < -0.3 is 15.3 Å². The van der Waals surface area contributed by atoms with Gasteiger partial charge in [-0.25, -0.2) is 9.59 Å². The van der Waals surface area contributed by atoms with Gasteiger partial charge in [-0.3, -0.25) is 0 Å². The number of carbonyl (C=O) groups excluding carboxylic acids is 1. The smallest absolute Gasteiger partial charge is 0.326 e. The number of hydrogen-bond acceptors (Lipinski definition) is 3. The quantitative estimate of drug-likeness (QED) is 0.787. The predicted molar refractivity (Wildman–Crippen MR) is 79.6 cm³/mol. The summed E-state index contributed by atoms with van der Waals surface area (Å²) in [5.41, 5.74) is -0.0515. The minimum Gasteiger partial charge on any atom is -0.480 e. The Kier molecular flexibility index (Phi) is 7.26. The van der Waals surface area contributed by atoms with Crippen LogP contribution in [0.1, 0.15) is 34.1 Å². The Morgan fingerprint density at radius 1 is 1.37 bits per heavy atom. The van der Waals surface area contributed by atoms with Gasteiger partial charge in [-0.15, -0.1) is 0 Å². The number of urea groups is 1. The van der Waals surface area contributed by atoms with Crippen LogP contribution >= 0.6 is 11.8 Å². The molecule has 0 aliphatic rings. The summed E-state index contributed by atoms with van der Waals surface area (Å²) in [5, 5.41) is 11.7. The molecule has 19 heavy (non-hydrogen) atoms. The van der Waals surface area contributed by atoms with Gasteiger partial charge in [0.05, 0.1) is 0 Å². The van der Waals surface area contributed by atoms with E-state index in [2.05, 4.69) is 5.32 Å². The molecule has 0 bridgehead atoms. The lowest BCUT2D eigenvalue weighted by atomic mass is 9.87. The molecule has 0 aromatic rings. The van der Waals surface area contributed by atoms with Crippen molar-refractivity contribution in [3.63, 3.8) is 0 Å². The fourth-order valence-electron chi connectivity index (χ4n) is 1.50. The molecular weight excluding hydrogens is 264 g/mol. The second-order valence-corrected chi connectivity index (χ2v) is 6.76. The minimum atomic E-state index is -0.987. The van der Waals surface area contributed by atoms with Gasteiger partial charge in [-0.05, 0) is 30.8 Å². The van der Waals surface area contributed by atoms with Crippen LogP contribution in [0.4, 0.5) is 4.79 Å². The van der Waals surface area contributed by atoms with E-state index in [1.807, 2.05) is 34.0 Å². The molecule has 0 fully saturated rings. The first-order valence-electron chi connectivity index (χ1n) is 6.36. The number of carbonyl (C=O) groups is 2. The SMILES string of the molecule is CSCCC(NC(=O)N(C)C(C)C(C)(C)C)C(=O)O. The van der Waals surface area contributed by atoms with Crippen LogP contribution in [0.2, 0.25) is 0 Å². The van der Waals surface area contributed by atoms with E-state index in [1.54, 1.807) is 23.7 Å². The van der Waals surface area contributed by atoms with Crippen molar-refractivity contribution >= 4 is 23.8 Å². The molecule has 0 aliphatic carbocycles. The van der Waals surface area contributed by atoms with Crippen molar-refractivity contribution < 1.29 is 14.7 Å². The standard InChI is InChI=1S/C13H26N2O3S/c1-9(13(2,3)4)15(5)12(18)14-10(11(16)17)7-8-19-6/h9-10H,7-8H2,1-6H3,(H,14,18)(H,16,17). The van der Waals surface area contributed by atoms with Crippen LogP contribution in [-0.2, 0) is 4.79 Å². The van der Waals surface area contributed by atoms with Gasteiger partial charge in [-0.2, -0.15) is 11.8 Å². The molecule has 0 aliphatic heterocycles. The third-order valence-corrected chi connectivity index (χ3v) is 4.01. The van der Waals surface area contributed by atoms with E-state index in [1.165, 1.54) is 0 Å². The number of rotatable bonds is 6. The van der Waals surface area contributed by atoms with Crippen LogP contribution < -0.4 is 5.32 Å². The Morgan fingerprint density at radius 2 is 1.89 bits per heavy atom. The minimum absolute atomic E-state index is 0.0162. The maximum Gasteiger partial charge on any atom is 0.326 e. The third-order valence-electron chi connectivity index (χ3n) is 3.36. The third kappa shape index (κ3) is 6.18. The summed E-state index contributed by atoms with van der Waals surface area (Å²) in [6.45, 7) is 8.09. The molecule has 0 saturated carbocycles. The van der Waals surface area contributed by atoms with Gasteiger partial charge in [0, 0.05) is 13.1 Å². The first-order chi connectivity index (χ1) is 8.61. The van der Waals surface area contributed by atoms with Crippen LogP contribution in [0.5, 0.6) is 0 Å². The van der Waals surface area contributed by atoms with Gasteiger partial charge in [0.25, 0.3) is 0 Å². The average molecular weight is 290 g/mol.